The van der Waals surface area contributed by atoms with Crippen molar-refractivity contribution in [3.05, 3.63) is 40.7 Å². The van der Waals surface area contributed by atoms with Crippen LogP contribution in [0, 0.1) is 0 Å². The molecule has 4 heterocycles. The van der Waals surface area contributed by atoms with E-state index in [9.17, 15) is 4.79 Å². The highest BCUT2D eigenvalue weighted by molar-refractivity contribution is 7.08. The zero-order valence-corrected chi connectivity index (χ0v) is 14.5. The molecule has 0 aliphatic carbocycles. The van der Waals surface area contributed by atoms with Crippen molar-refractivity contribution < 1.29 is 4.79 Å². The Kier molecular flexibility index (Phi) is 4.38. The fourth-order valence-electron chi connectivity index (χ4n) is 3.68. The van der Waals surface area contributed by atoms with Crippen LogP contribution in [0.25, 0.3) is 0 Å². The van der Waals surface area contributed by atoms with Gasteiger partial charge >= 0.3 is 6.03 Å². The van der Waals surface area contributed by atoms with Crippen molar-refractivity contribution in [1.82, 2.24) is 9.88 Å². The zero-order valence-electron chi connectivity index (χ0n) is 13.6. The van der Waals surface area contributed by atoms with Gasteiger partial charge in [0, 0.05) is 25.8 Å². The molecule has 0 unspecified atom stereocenters. The third-order valence-electron chi connectivity index (χ3n) is 4.88. The summed E-state index contributed by atoms with van der Waals surface area (Å²) in [4.78, 5) is 21.6. The summed E-state index contributed by atoms with van der Waals surface area (Å²) >= 11 is 1.69. The number of nitrogens with zero attached hydrogens (tertiary/aromatic N) is 3. The van der Waals surface area contributed by atoms with Crippen LogP contribution in [-0.2, 0) is 0 Å². The highest BCUT2D eigenvalue weighted by Crippen LogP contribution is 2.34. The van der Waals surface area contributed by atoms with E-state index in [4.69, 9.17) is 0 Å². The SMILES string of the molecule is O=C(Nc1cccnc1N1CCCC1)N1CCC[C@@H]1c1ccsc1. The van der Waals surface area contributed by atoms with Crippen LogP contribution in [0.4, 0.5) is 16.3 Å². The molecule has 0 bridgehead atoms. The van der Waals surface area contributed by atoms with Crippen LogP contribution in [0.5, 0.6) is 0 Å². The van der Waals surface area contributed by atoms with Gasteiger partial charge in [0.15, 0.2) is 5.82 Å². The molecule has 0 spiro atoms. The lowest BCUT2D eigenvalue weighted by atomic mass is 10.1. The maximum atomic E-state index is 12.9. The average molecular weight is 342 g/mol. The van der Waals surface area contributed by atoms with Crippen molar-refractivity contribution in [3.8, 4) is 0 Å². The maximum Gasteiger partial charge on any atom is 0.322 e. The Morgan fingerprint density at radius 2 is 2.08 bits per heavy atom. The number of nitrogens with one attached hydrogen (secondary N) is 1. The molecule has 2 fully saturated rings. The number of pyridine rings is 1. The van der Waals surface area contributed by atoms with Gasteiger partial charge in [0.1, 0.15) is 0 Å². The number of hydrogen-bond donors (Lipinski definition) is 1. The molecule has 0 radical (unpaired) electrons. The number of hydrogen-bond acceptors (Lipinski definition) is 4. The molecule has 6 heteroatoms. The third kappa shape index (κ3) is 2.98. The lowest BCUT2D eigenvalue weighted by molar-refractivity contribution is 0.207. The molecule has 1 atom stereocenters. The van der Waals surface area contributed by atoms with Gasteiger partial charge in [-0.15, -0.1) is 0 Å². The van der Waals surface area contributed by atoms with Gasteiger partial charge in [0.25, 0.3) is 0 Å². The lowest BCUT2D eigenvalue weighted by Crippen LogP contribution is -2.35. The molecule has 2 amide bonds. The number of thiophene rings is 1. The van der Waals surface area contributed by atoms with E-state index in [2.05, 4.69) is 32.0 Å². The Morgan fingerprint density at radius 3 is 2.88 bits per heavy atom. The van der Waals surface area contributed by atoms with E-state index in [1.165, 1.54) is 18.4 Å². The Balaban J connectivity index is 1.52. The molecule has 5 nitrogen and oxygen atoms in total. The number of rotatable bonds is 3. The number of carbonyl (C=O) groups is 1. The van der Waals surface area contributed by atoms with Crippen LogP contribution in [0.3, 0.4) is 0 Å². The summed E-state index contributed by atoms with van der Waals surface area (Å²) in [7, 11) is 0. The Hall–Kier alpha value is -2.08. The van der Waals surface area contributed by atoms with Crippen molar-refractivity contribution in [2.75, 3.05) is 29.9 Å². The summed E-state index contributed by atoms with van der Waals surface area (Å²) < 4.78 is 0. The number of carbonyl (C=O) groups excluding carboxylic acids is 1. The normalized spacial score (nSPS) is 20.6. The fraction of sp³-hybridized carbons (Fsp3) is 0.444. The molecule has 1 N–H and O–H groups in total. The molecule has 24 heavy (non-hydrogen) atoms. The Labute approximate surface area is 146 Å². The minimum Gasteiger partial charge on any atom is -0.355 e. The van der Waals surface area contributed by atoms with E-state index >= 15 is 0 Å². The smallest absolute Gasteiger partial charge is 0.322 e. The quantitative estimate of drug-likeness (QED) is 0.913. The van der Waals surface area contributed by atoms with Crippen molar-refractivity contribution in [2.45, 2.75) is 31.7 Å². The van der Waals surface area contributed by atoms with E-state index < -0.39 is 0 Å². The van der Waals surface area contributed by atoms with E-state index in [0.717, 1.165) is 44.0 Å². The van der Waals surface area contributed by atoms with E-state index in [-0.39, 0.29) is 12.1 Å². The number of amides is 2. The van der Waals surface area contributed by atoms with Gasteiger partial charge in [-0.05, 0) is 60.2 Å². The predicted octanol–water partition coefficient (Wildman–Crippen LogP) is 4.11. The van der Waals surface area contributed by atoms with Gasteiger partial charge in [-0.1, -0.05) is 0 Å². The molecule has 2 aromatic rings. The fourth-order valence-corrected chi connectivity index (χ4v) is 4.39. The molecule has 2 aromatic heterocycles. The molecular weight excluding hydrogens is 320 g/mol. The highest BCUT2D eigenvalue weighted by atomic mass is 32.1. The van der Waals surface area contributed by atoms with Gasteiger partial charge in [0.2, 0.25) is 0 Å². The summed E-state index contributed by atoms with van der Waals surface area (Å²) in [6, 6.07) is 6.14. The summed E-state index contributed by atoms with van der Waals surface area (Å²) in [5.74, 6) is 0.898. The number of likely N-dealkylation sites (tertiary alicyclic amines) is 1. The molecule has 0 aromatic carbocycles. The van der Waals surface area contributed by atoms with Crippen LogP contribution >= 0.6 is 11.3 Å². The first-order chi connectivity index (χ1) is 11.8. The van der Waals surface area contributed by atoms with Gasteiger partial charge in [-0.2, -0.15) is 11.3 Å². The number of urea groups is 1. The second-order valence-electron chi connectivity index (χ2n) is 6.41. The van der Waals surface area contributed by atoms with Crippen molar-refractivity contribution in [2.24, 2.45) is 0 Å². The van der Waals surface area contributed by atoms with Crippen LogP contribution in [0.1, 0.15) is 37.3 Å². The van der Waals surface area contributed by atoms with Crippen molar-refractivity contribution >= 4 is 28.9 Å². The molecule has 2 aliphatic rings. The van der Waals surface area contributed by atoms with Gasteiger partial charge in [-0.25, -0.2) is 9.78 Å². The first kappa shape index (κ1) is 15.4. The van der Waals surface area contributed by atoms with E-state index in [0.29, 0.717) is 0 Å². The zero-order chi connectivity index (χ0) is 16.4. The third-order valence-corrected chi connectivity index (χ3v) is 5.58. The summed E-state index contributed by atoms with van der Waals surface area (Å²) in [5.41, 5.74) is 2.07. The summed E-state index contributed by atoms with van der Waals surface area (Å²) in [6.45, 7) is 2.84. The van der Waals surface area contributed by atoms with Crippen LogP contribution < -0.4 is 10.2 Å². The molecule has 0 saturated carbocycles. The Bertz CT molecular complexity index is 697. The molecule has 2 aliphatic heterocycles. The largest absolute Gasteiger partial charge is 0.355 e. The van der Waals surface area contributed by atoms with Crippen molar-refractivity contribution in [1.29, 1.82) is 0 Å². The average Bonchev–Trinajstić information content (AvgIpc) is 3.35. The minimum atomic E-state index is -0.0165. The standard InChI is InChI=1S/C18H22N4OS/c23-18(22-11-4-6-16(22)14-7-12-24-13-14)20-15-5-3-8-19-17(15)21-9-1-2-10-21/h3,5,7-8,12-13,16H,1-2,4,6,9-11H2,(H,20,23)/t16-/m1/s1. The number of aromatic nitrogens is 1. The first-order valence-corrected chi connectivity index (χ1v) is 9.57. The second kappa shape index (κ2) is 6.81. The van der Waals surface area contributed by atoms with E-state index in [1.54, 1.807) is 17.5 Å². The van der Waals surface area contributed by atoms with Crippen LogP contribution in [0.2, 0.25) is 0 Å². The van der Waals surface area contributed by atoms with Crippen LogP contribution in [0.15, 0.2) is 35.2 Å². The number of anilines is 2. The van der Waals surface area contributed by atoms with Crippen LogP contribution in [-0.4, -0.2) is 35.5 Å². The summed E-state index contributed by atoms with van der Waals surface area (Å²) in [5, 5.41) is 7.34. The lowest BCUT2D eigenvalue weighted by Gasteiger charge is -2.26. The first-order valence-electron chi connectivity index (χ1n) is 8.62. The Morgan fingerprint density at radius 1 is 1.21 bits per heavy atom. The van der Waals surface area contributed by atoms with Gasteiger partial charge in [-0.3, -0.25) is 0 Å². The van der Waals surface area contributed by atoms with Gasteiger partial charge < -0.3 is 15.1 Å². The van der Waals surface area contributed by atoms with Gasteiger partial charge in [0.05, 0.1) is 11.7 Å². The highest BCUT2D eigenvalue weighted by Gasteiger charge is 2.31. The topological polar surface area (TPSA) is 48.5 Å². The van der Waals surface area contributed by atoms with Crippen molar-refractivity contribution in [3.63, 3.8) is 0 Å². The monoisotopic (exact) mass is 342 g/mol. The minimum absolute atomic E-state index is 0.0165. The predicted molar refractivity (Wildman–Crippen MR) is 97.7 cm³/mol. The molecule has 2 saturated heterocycles. The maximum absolute atomic E-state index is 12.9. The summed E-state index contributed by atoms with van der Waals surface area (Å²) in [6.07, 6.45) is 6.27. The molecular formula is C18H22N4OS. The van der Waals surface area contributed by atoms with E-state index in [1.807, 2.05) is 17.0 Å². The molecule has 126 valence electrons. The second-order valence-corrected chi connectivity index (χ2v) is 7.19. The molecule has 4 rings (SSSR count).